The maximum atomic E-state index is 13.1. The van der Waals surface area contributed by atoms with Gasteiger partial charge in [-0.2, -0.15) is 0 Å². The standard InChI is InChI=1S/C28H24I2N2O4S/c1-17(2)19-8-10-22(11-9-19)31-25(33)15-32-27(34)24(37-28(32)35)13-20-12-21(29)14-23(30)26(20)36-16-18-6-4-3-5-7-18/h3-14,17H,15-16H2,1-2H3,(H,31,33)/b24-13+. The quantitative estimate of drug-likeness (QED) is 0.195. The lowest BCUT2D eigenvalue weighted by Crippen LogP contribution is -2.36. The molecule has 1 saturated heterocycles. The van der Waals surface area contributed by atoms with Gasteiger partial charge < -0.3 is 10.1 Å². The van der Waals surface area contributed by atoms with Gasteiger partial charge in [-0.05, 0) is 104 Å². The van der Waals surface area contributed by atoms with Gasteiger partial charge in [0.15, 0.2) is 0 Å². The minimum atomic E-state index is -0.497. The first-order valence-corrected chi connectivity index (χ1v) is 14.5. The number of nitrogens with zero attached hydrogens (tertiary/aromatic N) is 1. The van der Waals surface area contributed by atoms with Crippen LogP contribution >= 0.6 is 56.9 Å². The van der Waals surface area contributed by atoms with E-state index >= 15 is 0 Å². The Balaban J connectivity index is 1.48. The van der Waals surface area contributed by atoms with Crippen LogP contribution in [0.4, 0.5) is 10.5 Å². The Labute approximate surface area is 247 Å². The second-order valence-corrected chi connectivity index (χ2v) is 12.1. The highest BCUT2D eigenvalue weighted by atomic mass is 127. The van der Waals surface area contributed by atoms with Crippen LogP contribution in [0.2, 0.25) is 0 Å². The fourth-order valence-electron chi connectivity index (χ4n) is 3.64. The first-order chi connectivity index (χ1) is 17.7. The monoisotopic (exact) mass is 738 g/mol. The second kappa shape index (κ2) is 12.4. The third-order valence-corrected chi connectivity index (χ3v) is 7.92. The molecule has 1 aliphatic rings. The lowest BCUT2D eigenvalue weighted by atomic mass is 10.0. The van der Waals surface area contributed by atoms with Gasteiger partial charge in [-0.15, -0.1) is 0 Å². The zero-order valence-electron chi connectivity index (χ0n) is 20.2. The summed E-state index contributed by atoms with van der Waals surface area (Å²) in [6.45, 7) is 4.21. The average Bonchev–Trinajstić information content (AvgIpc) is 3.11. The van der Waals surface area contributed by atoms with Crippen molar-refractivity contribution < 1.29 is 19.1 Å². The zero-order valence-corrected chi connectivity index (χ0v) is 25.3. The van der Waals surface area contributed by atoms with Crippen LogP contribution in [0.5, 0.6) is 5.75 Å². The van der Waals surface area contributed by atoms with E-state index in [1.165, 1.54) is 0 Å². The molecule has 1 heterocycles. The molecule has 1 fully saturated rings. The van der Waals surface area contributed by atoms with E-state index in [0.29, 0.717) is 29.5 Å². The number of ether oxygens (including phenoxy) is 1. The molecule has 1 N–H and O–H groups in total. The van der Waals surface area contributed by atoms with Crippen molar-refractivity contribution in [2.24, 2.45) is 0 Å². The Hall–Kier alpha value is -2.38. The molecule has 3 amide bonds. The van der Waals surface area contributed by atoms with Gasteiger partial charge in [0, 0.05) is 14.8 Å². The SMILES string of the molecule is CC(C)c1ccc(NC(=O)CN2C(=O)S/C(=C/c3cc(I)cc(I)c3OCc3ccccc3)C2=O)cc1. The summed E-state index contributed by atoms with van der Waals surface area (Å²) in [7, 11) is 0. The Morgan fingerprint density at radius 1 is 1.05 bits per heavy atom. The van der Waals surface area contributed by atoms with Crippen LogP contribution in [0.25, 0.3) is 6.08 Å². The van der Waals surface area contributed by atoms with Crippen LogP contribution in [0, 0.1) is 7.14 Å². The smallest absolute Gasteiger partial charge is 0.294 e. The molecule has 0 radical (unpaired) electrons. The largest absolute Gasteiger partial charge is 0.487 e. The highest BCUT2D eigenvalue weighted by Crippen LogP contribution is 2.36. The van der Waals surface area contributed by atoms with Crippen molar-refractivity contribution in [1.82, 2.24) is 4.90 Å². The normalized spacial score (nSPS) is 14.5. The van der Waals surface area contributed by atoms with Crippen molar-refractivity contribution in [3.05, 3.63) is 95.5 Å². The van der Waals surface area contributed by atoms with Gasteiger partial charge in [0.25, 0.3) is 11.1 Å². The van der Waals surface area contributed by atoms with Gasteiger partial charge in [0.05, 0.1) is 8.48 Å². The third kappa shape index (κ3) is 7.14. The first kappa shape index (κ1) is 27.6. The minimum Gasteiger partial charge on any atom is -0.487 e. The Kier molecular flexibility index (Phi) is 9.30. The van der Waals surface area contributed by atoms with Crippen LogP contribution in [-0.2, 0) is 16.2 Å². The summed E-state index contributed by atoms with van der Waals surface area (Å²) in [5.41, 5.74) is 3.50. The van der Waals surface area contributed by atoms with E-state index in [2.05, 4.69) is 64.3 Å². The first-order valence-electron chi connectivity index (χ1n) is 11.5. The molecule has 0 spiro atoms. The third-order valence-electron chi connectivity index (χ3n) is 5.59. The summed E-state index contributed by atoms with van der Waals surface area (Å²) in [5.74, 6) is 0.0891. The minimum absolute atomic E-state index is 0.251. The van der Waals surface area contributed by atoms with Gasteiger partial charge in [-0.1, -0.05) is 56.3 Å². The van der Waals surface area contributed by atoms with Gasteiger partial charge in [-0.25, -0.2) is 0 Å². The van der Waals surface area contributed by atoms with Crippen LogP contribution in [-0.4, -0.2) is 28.5 Å². The number of rotatable bonds is 8. The van der Waals surface area contributed by atoms with Crippen molar-refractivity contribution in [2.45, 2.75) is 26.4 Å². The molecule has 6 nitrogen and oxygen atoms in total. The fraction of sp³-hybridized carbons (Fsp3) is 0.179. The molecule has 0 aromatic heterocycles. The molecule has 37 heavy (non-hydrogen) atoms. The summed E-state index contributed by atoms with van der Waals surface area (Å²) in [4.78, 5) is 39.5. The summed E-state index contributed by atoms with van der Waals surface area (Å²) in [6.07, 6.45) is 1.66. The van der Waals surface area contributed by atoms with E-state index in [9.17, 15) is 14.4 Å². The number of hydrogen-bond acceptors (Lipinski definition) is 5. The predicted octanol–water partition coefficient (Wildman–Crippen LogP) is 7.27. The highest BCUT2D eigenvalue weighted by Gasteiger charge is 2.36. The average molecular weight is 738 g/mol. The summed E-state index contributed by atoms with van der Waals surface area (Å²) in [5, 5.41) is 2.28. The molecule has 3 aromatic rings. The van der Waals surface area contributed by atoms with Gasteiger partial charge in [-0.3, -0.25) is 19.3 Å². The molecule has 1 aliphatic heterocycles. The second-order valence-electron chi connectivity index (χ2n) is 8.67. The number of imide groups is 1. The number of carbonyl (C=O) groups is 3. The topological polar surface area (TPSA) is 75.7 Å². The van der Waals surface area contributed by atoms with Crippen molar-refractivity contribution in [1.29, 1.82) is 0 Å². The lowest BCUT2D eigenvalue weighted by Gasteiger charge is -2.14. The van der Waals surface area contributed by atoms with Crippen molar-refractivity contribution in [3.8, 4) is 5.75 Å². The van der Waals surface area contributed by atoms with E-state index in [-0.39, 0.29) is 11.4 Å². The van der Waals surface area contributed by atoms with Gasteiger partial charge in [0.1, 0.15) is 18.9 Å². The Morgan fingerprint density at radius 2 is 1.76 bits per heavy atom. The van der Waals surface area contributed by atoms with Crippen LogP contribution in [0.1, 0.15) is 36.5 Å². The molecular weight excluding hydrogens is 714 g/mol. The molecule has 9 heteroatoms. The van der Waals surface area contributed by atoms with Crippen molar-refractivity contribution in [3.63, 3.8) is 0 Å². The predicted molar refractivity (Wildman–Crippen MR) is 164 cm³/mol. The number of thioether (sulfide) groups is 1. The van der Waals surface area contributed by atoms with E-state index in [4.69, 9.17) is 4.74 Å². The molecule has 0 bridgehead atoms. The van der Waals surface area contributed by atoms with E-state index in [1.54, 1.807) is 6.08 Å². The fourth-order valence-corrected chi connectivity index (χ4v) is 6.52. The maximum absolute atomic E-state index is 13.1. The van der Waals surface area contributed by atoms with Crippen LogP contribution in [0.15, 0.2) is 71.6 Å². The summed E-state index contributed by atoms with van der Waals surface area (Å²) in [6, 6.07) is 21.2. The number of nitrogens with one attached hydrogen (secondary N) is 1. The molecular formula is C28H24I2N2O4S. The van der Waals surface area contributed by atoms with Crippen molar-refractivity contribution in [2.75, 3.05) is 11.9 Å². The Bertz CT molecular complexity index is 1360. The molecule has 0 aliphatic carbocycles. The molecule has 0 saturated carbocycles. The van der Waals surface area contributed by atoms with Gasteiger partial charge in [0.2, 0.25) is 5.91 Å². The molecule has 0 unspecified atom stereocenters. The summed E-state index contributed by atoms with van der Waals surface area (Å²) >= 11 is 5.24. The van der Waals surface area contributed by atoms with Gasteiger partial charge >= 0.3 is 0 Å². The number of halogens is 2. The van der Waals surface area contributed by atoms with Crippen LogP contribution in [0.3, 0.4) is 0 Å². The number of carbonyl (C=O) groups excluding carboxylic acids is 3. The molecule has 4 rings (SSSR count). The maximum Gasteiger partial charge on any atom is 0.294 e. The number of amides is 3. The number of anilines is 1. The summed E-state index contributed by atoms with van der Waals surface area (Å²) < 4.78 is 8.00. The Morgan fingerprint density at radius 3 is 2.43 bits per heavy atom. The van der Waals surface area contributed by atoms with Crippen molar-refractivity contribution >= 4 is 85.8 Å². The van der Waals surface area contributed by atoms with E-state index < -0.39 is 17.1 Å². The number of hydrogen-bond donors (Lipinski definition) is 1. The number of benzene rings is 3. The zero-order chi connectivity index (χ0) is 26.5. The molecule has 0 atom stereocenters. The van der Waals surface area contributed by atoms with Crippen LogP contribution < -0.4 is 10.1 Å². The molecule has 3 aromatic carbocycles. The highest BCUT2D eigenvalue weighted by molar-refractivity contribution is 14.1. The molecule has 190 valence electrons. The van der Waals surface area contributed by atoms with E-state index in [0.717, 1.165) is 34.9 Å². The van der Waals surface area contributed by atoms with E-state index in [1.807, 2.05) is 66.7 Å². The lowest BCUT2D eigenvalue weighted by molar-refractivity contribution is -0.127.